The van der Waals surface area contributed by atoms with Gasteiger partial charge in [0.05, 0.1) is 9.75 Å². The van der Waals surface area contributed by atoms with Crippen LogP contribution in [-0.4, -0.2) is 15.5 Å². The van der Waals surface area contributed by atoms with Crippen LogP contribution in [0.25, 0.3) is 0 Å². The number of alkyl halides is 2. The molecule has 0 aliphatic carbocycles. The van der Waals surface area contributed by atoms with E-state index < -0.39 is 4.92 Å². The standard InChI is InChI=1S/C10H9BrClNO3/c1-6(11)10(14)8-2-7(5-12)3-9(4-8)13(15)16/h2-4,6H,5H2,1H3. The van der Waals surface area contributed by atoms with Crippen molar-refractivity contribution >= 4 is 39.0 Å². The lowest BCUT2D eigenvalue weighted by atomic mass is 10.1. The van der Waals surface area contributed by atoms with Crippen LogP contribution in [0.15, 0.2) is 18.2 Å². The number of carbonyl (C=O) groups is 1. The summed E-state index contributed by atoms with van der Waals surface area (Å²) in [5.41, 5.74) is 0.747. The molecule has 0 heterocycles. The third kappa shape index (κ3) is 3.02. The molecular formula is C10H9BrClNO3. The van der Waals surface area contributed by atoms with Gasteiger partial charge in [0.2, 0.25) is 0 Å². The number of non-ortho nitro benzene ring substituents is 1. The lowest BCUT2D eigenvalue weighted by Gasteiger charge is -2.04. The molecule has 0 N–H and O–H groups in total. The second-order valence-electron chi connectivity index (χ2n) is 3.26. The minimum absolute atomic E-state index is 0.116. The number of hydrogen-bond donors (Lipinski definition) is 0. The van der Waals surface area contributed by atoms with Crippen LogP contribution in [0.3, 0.4) is 0 Å². The van der Waals surface area contributed by atoms with E-state index in [-0.39, 0.29) is 22.2 Å². The van der Waals surface area contributed by atoms with Gasteiger partial charge in [-0.1, -0.05) is 15.9 Å². The zero-order valence-corrected chi connectivity index (χ0v) is 10.8. The number of nitro benzene ring substituents is 1. The smallest absolute Gasteiger partial charge is 0.270 e. The van der Waals surface area contributed by atoms with E-state index in [1.54, 1.807) is 13.0 Å². The van der Waals surface area contributed by atoms with E-state index in [2.05, 4.69) is 15.9 Å². The Labute approximate surface area is 106 Å². The molecule has 0 bridgehead atoms. The van der Waals surface area contributed by atoms with Gasteiger partial charge in [-0.05, 0) is 18.6 Å². The van der Waals surface area contributed by atoms with Crippen LogP contribution in [0.5, 0.6) is 0 Å². The molecule has 0 radical (unpaired) electrons. The summed E-state index contributed by atoms with van der Waals surface area (Å²) in [6.07, 6.45) is 0. The summed E-state index contributed by atoms with van der Waals surface area (Å²) in [4.78, 5) is 21.4. The molecule has 0 aromatic heterocycles. The summed E-state index contributed by atoms with van der Waals surface area (Å²) in [5.74, 6) is -0.0615. The fourth-order valence-corrected chi connectivity index (χ4v) is 1.65. The fourth-order valence-electron chi connectivity index (χ4n) is 1.23. The quantitative estimate of drug-likeness (QED) is 0.371. The van der Waals surface area contributed by atoms with Crippen molar-refractivity contribution < 1.29 is 9.72 Å². The van der Waals surface area contributed by atoms with E-state index in [1.807, 2.05) is 0 Å². The molecule has 0 aliphatic heterocycles. The maximum atomic E-state index is 11.7. The second kappa shape index (κ2) is 5.41. The number of halogens is 2. The highest BCUT2D eigenvalue weighted by atomic mass is 79.9. The predicted octanol–water partition coefficient (Wildman–Crippen LogP) is 3.30. The predicted molar refractivity (Wildman–Crippen MR) is 65.4 cm³/mol. The van der Waals surface area contributed by atoms with E-state index in [9.17, 15) is 14.9 Å². The molecule has 86 valence electrons. The van der Waals surface area contributed by atoms with Gasteiger partial charge in [-0.15, -0.1) is 11.6 Å². The average molecular weight is 307 g/mol. The first-order chi connectivity index (χ1) is 7.45. The first kappa shape index (κ1) is 13.1. The highest BCUT2D eigenvalue weighted by Gasteiger charge is 2.17. The van der Waals surface area contributed by atoms with Gasteiger partial charge in [0.15, 0.2) is 5.78 Å². The van der Waals surface area contributed by atoms with Gasteiger partial charge < -0.3 is 0 Å². The van der Waals surface area contributed by atoms with Crippen LogP contribution in [0.1, 0.15) is 22.8 Å². The molecule has 0 fully saturated rings. The molecule has 0 saturated carbocycles. The van der Waals surface area contributed by atoms with E-state index in [4.69, 9.17) is 11.6 Å². The van der Waals surface area contributed by atoms with Crippen LogP contribution in [0, 0.1) is 10.1 Å². The Morgan fingerprint density at radius 1 is 1.56 bits per heavy atom. The Bertz CT molecular complexity index is 434. The van der Waals surface area contributed by atoms with Crippen LogP contribution in [0.2, 0.25) is 0 Å². The Morgan fingerprint density at radius 2 is 2.19 bits per heavy atom. The molecule has 1 rings (SSSR count). The first-order valence-corrected chi connectivity index (χ1v) is 5.93. The third-order valence-corrected chi connectivity index (χ3v) is 2.71. The molecule has 0 saturated heterocycles. The summed E-state index contributed by atoms with van der Waals surface area (Å²) < 4.78 is 0. The monoisotopic (exact) mass is 305 g/mol. The van der Waals surface area contributed by atoms with Crippen LogP contribution in [0.4, 0.5) is 5.69 Å². The van der Waals surface area contributed by atoms with E-state index in [1.165, 1.54) is 12.1 Å². The highest BCUT2D eigenvalue weighted by molar-refractivity contribution is 9.10. The van der Waals surface area contributed by atoms with Crippen molar-refractivity contribution in [3.05, 3.63) is 39.4 Å². The Hall–Kier alpha value is -0.940. The van der Waals surface area contributed by atoms with E-state index in [0.29, 0.717) is 11.1 Å². The number of benzene rings is 1. The minimum Gasteiger partial charge on any atom is -0.293 e. The van der Waals surface area contributed by atoms with Crippen molar-refractivity contribution in [3.63, 3.8) is 0 Å². The van der Waals surface area contributed by atoms with Gasteiger partial charge in [-0.2, -0.15) is 0 Å². The maximum Gasteiger partial charge on any atom is 0.270 e. The summed E-state index contributed by atoms with van der Waals surface area (Å²) >= 11 is 8.75. The fraction of sp³-hybridized carbons (Fsp3) is 0.300. The molecule has 0 aliphatic rings. The molecule has 1 aromatic rings. The van der Waals surface area contributed by atoms with Gasteiger partial charge >= 0.3 is 0 Å². The molecule has 6 heteroatoms. The molecule has 16 heavy (non-hydrogen) atoms. The average Bonchev–Trinajstić information content (AvgIpc) is 2.27. The van der Waals surface area contributed by atoms with Gasteiger partial charge in [-0.25, -0.2) is 0 Å². The Balaban J connectivity index is 3.24. The van der Waals surface area contributed by atoms with Crippen molar-refractivity contribution in [2.75, 3.05) is 0 Å². The summed E-state index contributed by atoms with van der Waals surface area (Å²) in [6.45, 7) is 1.67. The van der Waals surface area contributed by atoms with Gasteiger partial charge in [0.25, 0.3) is 5.69 Å². The van der Waals surface area contributed by atoms with Crippen molar-refractivity contribution in [1.29, 1.82) is 0 Å². The summed E-state index contributed by atoms with van der Waals surface area (Å²) in [7, 11) is 0. The zero-order chi connectivity index (χ0) is 12.3. The van der Waals surface area contributed by atoms with Crippen LogP contribution >= 0.6 is 27.5 Å². The van der Waals surface area contributed by atoms with Crippen LogP contribution < -0.4 is 0 Å². The molecule has 4 nitrogen and oxygen atoms in total. The topological polar surface area (TPSA) is 60.2 Å². The molecule has 1 unspecified atom stereocenters. The normalized spacial score (nSPS) is 12.2. The van der Waals surface area contributed by atoms with Crippen molar-refractivity contribution in [3.8, 4) is 0 Å². The molecule has 0 amide bonds. The SMILES string of the molecule is CC(Br)C(=O)c1cc(CCl)cc([N+](=O)[O-])c1. The minimum atomic E-state index is -0.536. The number of nitrogens with zero attached hydrogens (tertiary/aromatic N) is 1. The number of Topliss-reactive ketones (excluding diaryl/α,β-unsaturated/α-hetero) is 1. The highest BCUT2D eigenvalue weighted by Crippen LogP contribution is 2.21. The van der Waals surface area contributed by atoms with Crippen molar-refractivity contribution in [2.45, 2.75) is 17.6 Å². The van der Waals surface area contributed by atoms with Gasteiger partial charge in [0, 0.05) is 23.6 Å². The number of hydrogen-bond acceptors (Lipinski definition) is 3. The lowest BCUT2D eigenvalue weighted by molar-refractivity contribution is -0.384. The van der Waals surface area contributed by atoms with Crippen molar-refractivity contribution in [2.24, 2.45) is 0 Å². The number of nitro groups is 1. The lowest BCUT2D eigenvalue weighted by Crippen LogP contribution is -2.10. The first-order valence-electron chi connectivity index (χ1n) is 4.48. The molecule has 1 aromatic carbocycles. The maximum absolute atomic E-state index is 11.7. The third-order valence-electron chi connectivity index (χ3n) is 1.99. The van der Waals surface area contributed by atoms with E-state index in [0.717, 1.165) is 0 Å². The number of ketones is 1. The number of carbonyl (C=O) groups excluding carboxylic acids is 1. The Kier molecular flexibility index (Phi) is 4.44. The zero-order valence-electron chi connectivity index (χ0n) is 8.44. The summed E-state index contributed by atoms with van der Waals surface area (Å²) in [5, 5.41) is 10.7. The number of rotatable bonds is 4. The Morgan fingerprint density at radius 3 is 2.62 bits per heavy atom. The van der Waals surface area contributed by atoms with Gasteiger partial charge in [0.1, 0.15) is 0 Å². The van der Waals surface area contributed by atoms with Gasteiger partial charge in [-0.3, -0.25) is 14.9 Å². The van der Waals surface area contributed by atoms with Crippen LogP contribution in [-0.2, 0) is 5.88 Å². The molecular weight excluding hydrogens is 297 g/mol. The van der Waals surface area contributed by atoms with Crippen molar-refractivity contribution in [1.82, 2.24) is 0 Å². The van der Waals surface area contributed by atoms with E-state index >= 15 is 0 Å². The molecule has 1 atom stereocenters. The molecule has 0 spiro atoms. The second-order valence-corrected chi connectivity index (χ2v) is 4.90. The largest absolute Gasteiger partial charge is 0.293 e. The summed E-state index contributed by atoms with van der Waals surface area (Å²) in [6, 6.07) is 4.19.